The summed E-state index contributed by atoms with van der Waals surface area (Å²) in [5.74, 6) is -0.139. The second-order valence-electron chi connectivity index (χ2n) is 9.70. The Kier molecular flexibility index (Phi) is 9.31. The molecule has 0 aliphatic heterocycles. The van der Waals surface area contributed by atoms with Crippen molar-refractivity contribution in [3.8, 4) is 11.5 Å². The average molecular weight is 548 g/mol. The molecule has 0 radical (unpaired) electrons. The Labute approximate surface area is 232 Å². The summed E-state index contributed by atoms with van der Waals surface area (Å²) in [5, 5.41) is 11.2. The van der Waals surface area contributed by atoms with E-state index in [1.165, 1.54) is 34.9 Å². The number of amides is 2. The Bertz CT molecular complexity index is 1470. The minimum Gasteiger partial charge on any atom is -0.493 e. The lowest BCUT2D eigenvalue weighted by Crippen LogP contribution is -2.45. The SMILES string of the molecule is CCOc1ccc(C(C(=O)NCCC(C)C)N(C(=O)Cn2nnc3ccccc32)c2cccc(F)c2)cc1OC. The number of halogens is 1. The van der Waals surface area contributed by atoms with E-state index in [1.54, 1.807) is 30.3 Å². The highest BCUT2D eigenvalue weighted by Gasteiger charge is 2.34. The van der Waals surface area contributed by atoms with Gasteiger partial charge in [0.05, 0.1) is 19.2 Å². The molecule has 3 aromatic carbocycles. The number of carbonyl (C=O) groups is 2. The first kappa shape index (κ1) is 28.5. The largest absolute Gasteiger partial charge is 0.493 e. The van der Waals surface area contributed by atoms with Crippen LogP contribution in [-0.4, -0.2) is 47.1 Å². The highest BCUT2D eigenvalue weighted by molar-refractivity contribution is 6.01. The van der Waals surface area contributed by atoms with Gasteiger partial charge in [0.15, 0.2) is 11.5 Å². The minimum absolute atomic E-state index is 0.221. The predicted molar refractivity (Wildman–Crippen MR) is 151 cm³/mol. The molecule has 210 valence electrons. The number of aromatic nitrogens is 3. The molecule has 10 heteroatoms. The van der Waals surface area contributed by atoms with Crippen molar-refractivity contribution in [2.24, 2.45) is 5.92 Å². The lowest BCUT2D eigenvalue weighted by atomic mass is 10.0. The molecular formula is C30H34FN5O4. The lowest BCUT2D eigenvalue weighted by molar-refractivity contribution is -0.127. The van der Waals surface area contributed by atoms with Crippen molar-refractivity contribution in [3.63, 3.8) is 0 Å². The Hall–Kier alpha value is -4.47. The standard InChI is InChI=1S/C30H34FN5O4/c1-5-40-26-14-13-21(17-27(26)39-4)29(30(38)32-16-15-20(2)3)36(23-10-8-9-22(31)18-23)28(37)19-35-25-12-7-6-11-24(25)33-34-35/h6-14,17-18,20,29H,5,15-16,19H2,1-4H3,(H,32,38). The van der Waals surface area contributed by atoms with Crippen LogP contribution in [0.1, 0.15) is 38.8 Å². The van der Waals surface area contributed by atoms with Gasteiger partial charge in [-0.3, -0.25) is 14.5 Å². The number of hydrogen-bond acceptors (Lipinski definition) is 6. The second-order valence-corrected chi connectivity index (χ2v) is 9.70. The van der Waals surface area contributed by atoms with Gasteiger partial charge in [-0.25, -0.2) is 9.07 Å². The monoisotopic (exact) mass is 547 g/mol. The maximum atomic E-state index is 14.5. The molecule has 9 nitrogen and oxygen atoms in total. The molecule has 4 aromatic rings. The normalized spacial score (nSPS) is 11.8. The van der Waals surface area contributed by atoms with E-state index in [2.05, 4.69) is 29.5 Å². The van der Waals surface area contributed by atoms with Crippen LogP contribution in [0.25, 0.3) is 11.0 Å². The molecule has 2 amide bonds. The zero-order valence-corrected chi connectivity index (χ0v) is 23.1. The van der Waals surface area contributed by atoms with E-state index in [0.29, 0.717) is 47.2 Å². The van der Waals surface area contributed by atoms with Crippen molar-refractivity contribution in [2.45, 2.75) is 39.8 Å². The first-order chi connectivity index (χ1) is 19.3. The highest BCUT2D eigenvalue weighted by Crippen LogP contribution is 2.35. The van der Waals surface area contributed by atoms with Crippen LogP contribution in [0.4, 0.5) is 10.1 Å². The number of methoxy groups -OCH3 is 1. The summed E-state index contributed by atoms with van der Waals surface area (Å²) in [6.45, 7) is 6.60. The number of carbonyl (C=O) groups excluding carboxylic acids is 2. The fourth-order valence-electron chi connectivity index (χ4n) is 4.43. The van der Waals surface area contributed by atoms with Crippen molar-refractivity contribution >= 4 is 28.5 Å². The lowest BCUT2D eigenvalue weighted by Gasteiger charge is -2.32. The molecule has 1 atom stereocenters. The Morgan fingerprint density at radius 3 is 2.58 bits per heavy atom. The summed E-state index contributed by atoms with van der Waals surface area (Å²) in [7, 11) is 1.50. The van der Waals surface area contributed by atoms with Gasteiger partial charge in [0.2, 0.25) is 11.8 Å². The molecule has 0 bridgehead atoms. The molecule has 0 fully saturated rings. The van der Waals surface area contributed by atoms with Crippen LogP contribution in [0, 0.1) is 11.7 Å². The maximum absolute atomic E-state index is 14.5. The van der Waals surface area contributed by atoms with Gasteiger partial charge in [-0.05, 0) is 67.3 Å². The number of rotatable bonds is 12. The number of benzene rings is 3. The van der Waals surface area contributed by atoms with Crippen LogP contribution in [-0.2, 0) is 16.1 Å². The van der Waals surface area contributed by atoms with Gasteiger partial charge in [0.1, 0.15) is 23.9 Å². The predicted octanol–water partition coefficient (Wildman–Crippen LogP) is 4.91. The molecule has 1 N–H and O–H groups in total. The van der Waals surface area contributed by atoms with Crippen molar-refractivity contribution in [2.75, 3.05) is 25.2 Å². The molecule has 0 aliphatic rings. The summed E-state index contributed by atoms with van der Waals surface area (Å²) in [4.78, 5) is 29.2. The smallest absolute Gasteiger partial charge is 0.249 e. The quantitative estimate of drug-likeness (QED) is 0.271. The average Bonchev–Trinajstić information content (AvgIpc) is 3.34. The Balaban J connectivity index is 1.81. The summed E-state index contributed by atoms with van der Waals surface area (Å²) >= 11 is 0. The number of nitrogens with zero attached hydrogens (tertiary/aromatic N) is 4. The molecule has 0 saturated heterocycles. The molecule has 0 aliphatic carbocycles. The second kappa shape index (κ2) is 13.1. The maximum Gasteiger partial charge on any atom is 0.249 e. The van der Waals surface area contributed by atoms with Crippen molar-refractivity contribution < 1.29 is 23.5 Å². The summed E-state index contributed by atoms with van der Waals surface area (Å²) in [6, 6.07) is 16.8. The van der Waals surface area contributed by atoms with Gasteiger partial charge < -0.3 is 14.8 Å². The molecule has 1 unspecified atom stereocenters. The van der Waals surface area contributed by atoms with Crippen LogP contribution in [0.15, 0.2) is 66.7 Å². The first-order valence-corrected chi connectivity index (χ1v) is 13.3. The van der Waals surface area contributed by atoms with Crippen LogP contribution in [0.5, 0.6) is 11.5 Å². The van der Waals surface area contributed by atoms with E-state index in [9.17, 15) is 14.0 Å². The van der Waals surface area contributed by atoms with Gasteiger partial charge in [-0.2, -0.15) is 0 Å². The van der Waals surface area contributed by atoms with E-state index in [-0.39, 0.29) is 12.2 Å². The third-order valence-electron chi connectivity index (χ3n) is 6.39. The van der Waals surface area contributed by atoms with Crippen LogP contribution in [0.2, 0.25) is 0 Å². The summed E-state index contributed by atoms with van der Waals surface area (Å²) < 4.78 is 27.2. The molecule has 1 heterocycles. The zero-order chi connectivity index (χ0) is 28.6. The number of hydrogen-bond donors (Lipinski definition) is 1. The third kappa shape index (κ3) is 6.56. The van der Waals surface area contributed by atoms with Crippen molar-refractivity contribution in [3.05, 3.63) is 78.1 Å². The van der Waals surface area contributed by atoms with Gasteiger partial charge >= 0.3 is 0 Å². The number of fused-ring (bicyclic) bond motifs is 1. The number of ether oxygens (including phenoxy) is 2. The minimum atomic E-state index is -1.14. The molecule has 0 saturated carbocycles. The summed E-state index contributed by atoms with van der Waals surface area (Å²) in [5.41, 5.74) is 2.00. The topological polar surface area (TPSA) is 98.6 Å². The fourth-order valence-corrected chi connectivity index (χ4v) is 4.43. The zero-order valence-electron chi connectivity index (χ0n) is 23.1. The molecule has 0 spiro atoms. The van der Waals surface area contributed by atoms with E-state index in [1.807, 2.05) is 25.1 Å². The molecular weight excluding hydrogens is 513 g/mol. The highest BCUT2D eigenvalue weighted by atomic mass is 19.1. The molecule has 40 heavy (non-hydrogen) atoms. The summed E-state index contributed by atoms with van der Waals surface area (Å²) in [6.07, 6.45) is 0.754. The van der Waals surface area contributed by atoms with E-state index >= 15 is 0 Å². The van der Waals surface area contributed by atoms with Gasteiger partial charge in [-0.15, -0.1) is 5.10 Å². The number of anilines is 1. The molecule has 1 aromatic heterocycles. The van der Waals surface area contributed by atoms with Crippen LogP contribution in [0.3, 0.4) is 0 Å². The third-order valence-corrected chi connectivity index (χ3v) is 6.39. The number of para-hydroxylation sites is 1. The van der Waals surface area contributed by atoms with E-state index in [4.69, 9.17) is 9.47 Å². The van der Waals surface area contributed by atoms with Crippen LogP contribution >= 0.6 is 0 Å². The van der Waals surface area contributed by atoms with Gasteiger partial charge in [0.25, 0.3) is 0 Å². The van der Waals surface area contributed by atoms with E-state index < -0.39 is 23.7 Å². The fraction of sp³-hybridized carbons (Fsp3) is 0.333. The molecule has 4 rings (SSSR count). The van der Waals surface area contributed by atoms with Crippen molar-refractivity contribution in [1.29, 1.82) is 0 Å². The Morgan fingerprint density at radius 1 is 1.05 bits per heavy atom. The Morgan fingerprint density at radius 2 is 1.85 bits per heavy atom. The van der Waals surface area contributed by atoms with Gasteiger partial charge in [0, 0.05) is 12.2 Å². The van der Waals surface area contributed by atoms with Crippen LogP contribution < -0.4 is 19.7 Å². The first-order valence-electron chi connectivity index (χ1n) is 13.3. The van der Waals surface area contributed by atoms with Gasteiger partial charge in [-0.1, -0.05) is 43.3 Å². The number of nitrogens with one attached hydrogen (secondary N) is 1. The van der Waals surface area contributed by atoms with E-state index in [0.717, 1.165) is 6.42 Å². The van der Waals surface area contributed by atoms with Crippen molar-refractivity contribution in [1.82, 2.24) is 20.3 Å².